The number of esters is 1. The number of ether oxygens (including phenoxy) is 2. The summed E-state index contributed by atoms with van der Waals surface area (Å²) in [5.41, 5.74) is 0.0471. The minimum Gasteiger partial charge on any atom is -0.507 e. The summed E-state index contributed by atoms with van der Waals surface area (Å²) in [6, 6.07) is 12.4. The Bertz CT molecular complexity index is 1050. The Kier molecular flexibility index (Phi) is 5.16. The highest BCUT2D eigenvalue weighted by Gasteiger charge is 2.28. The smallest absolute Gasteiger partial charge is 0.343 e. The van der Waals surface area contributed by atoms with Crippen LogP contribution in [-0.4, -0.2) is 25.3 Å². The van der Waals surface area contributed by atoms with Gasteiger partial charge in [-0.2, -0.15) is 0 Å². The lowest BCUT2D eigenvalue weighted by atomic mass is 9.85. The van der Waals surface area contributed by atoms with Crippen LogP contribution < -0.4 is 10.4 Å². The molecule has 0 bridgehead atoms. The van der Waals surface area contributed by atoms with E-state index in [1.165, 1.54) is 13.2 Å². The number of methoxy groups -OCH3 is 2. The van der Waals surface area contributed by atoms with Crippen LogP contribution in [0, 0.1) is 6.92 Å². The van der Waals surface area contributed by atoms with Gasteiger partial charge in [0.25, 0.3) is 0 Å². The zero-order valence-electron chi connectivity index (χ0n) is 15.3. The molecule has 1 aromatic heterocycles. The fraction of sp³-hybridized carbons (Fsp3) is 0.238. The average molecular weight is 368 g/mol. The van der Waals surface area contributed by atoms with E-state index in [0.717, 1.165) is 10.8 Å². The summed E-state index contributed by atoms with van der Waals surface area (Å²) in [5, 5.41) is 12.1. The number of benzene rings is 2. The van der Waals surface area contributed by atoms with E-state index in [0.29, 0.717) is 11.3 Å². The Morgan fingerprint density at radius 3 is 2.48 bits per heavy atom. The molecule has 27 heavy (non-hydrogen) atoms. The summed E-state index contributed by atoms with van der Waals surface area (Å²) < 4.78 is 15.4. The molecular formula is C21H20O6. The van der Waals surface area contributed by atoms with Crippen LogP contribution in [0.15, 0.2) is 51.7 Å². The molecule has 0 aliphatic rings. The van der Waals surface area contributed by atoms with Crippen LogP contribution in [0.2, 0.25) is 0 Å². The number of aromatic hydroxyl groups is 1. The van der Waals surface area contributed by atoms with Crippen molar-refractivity contribution in [3.05, 3.63) is 69.8 Å². The van der Waals surface area contributed by atoms with Crippen molar-refractivity contribution in [2.45, 2.75) is 19.3 Å². The predicted octanol–water partition coefficient (Wildman–Crippen LogP) is 3.51. The van der Waals surface area contributed by atoms with Gasteiger partial charge in [-0.15, -0.1) is 0 Å². The molecule has 3 aromatic rings. The molecule has 6 nitrogen and oxygen atoms in total. The van der Waals surface area contributed by atoms with Crippen LogP contribution in [-0.2, 0) is 9.53 Å². The standard InChI is InChI=1S/C21H20O6/c1-12-10-17(22)20(21(24)27-12)16(11-19(23)26-3)14-8-9-18(25-2)15-7-5-4-6-13(14)15/h4-10,16,22H,11H2,1-3H3/t16-/m0/s1. The molecule has 0 fully saturated rings. The van der Waals surface area contributed by atoms with E-state index in [1.807, 2.05) is 24.3 Å². The summed E-state index contributed by atoms with van der Waals surface area (Å²) in [7, 11) is 2.86. The first-order valence-corrected chi connectivity index (χ1v) is 8.42. The van der Waals surface area contributed by atoms with Gasteiger partial charge in [-0.3, -0.25) is 4.79 Å². The molecule has 1 heterocycles. The molecule has 0 spiro atoms. The lowest BCUT2D eigenvalue weighted by Crippen LogP contribution is -2.18. The van der Waals surface area contributed by atoms with Gasteiger partial charge >= 0.3 is 11.6 Å². The van der Waals surface area contributed by atoms with E-state index < -0.39 is 17.5 Å². The maximum absolute atomic E-state index is 12.5. The van der Waals surface area contributed by atoms with Gasteiger partial charge in [0.2, 0.25) is 0 Å². The number of rotatable bonds is 5. The van der Waals surface area contributed by atoms with Crippen molar-refractivity contribution in [3.8, 4) is 11.5 Å². The first-order chi connectivity index (χ1) is 13.0. The zero-order valence-corrected chi connectivity index (χ0v) is 15.3. The number of hydrogen-bond donors (Lipinski definition) is 1. The van der Waals surface area contributed by atoms with Crippen LogP contribution in [0.3, 0.4) is 0 Å². The van der Waals surface area contributed by atoms with Gasteiger partial charge in [-0.25, -0.2) is 4.79 Å². The number of carbonyl (C=O) groups excluding carboxylic acids is 1. The van der Waals surface area contributed by atoms with Gasteiger partial charge in [0.15, 0.2) is 0 Å². The first kappa shape index (κ1) is 18.5. The largest absolute Gasteiger partial charge is 0.507 e. The van der Waals surface area contributed by atoms with Crippen molar-refractivity contribution in [1.29, 1.82) is 0 Å². The topological polar surface area (TPSA) is 86.0 Å². The highest BCUT2D eigenvalue weighted by molar-refractivity contribution is 5.92. The number of hydrogen-bond acceptors (Lipinski definition) is 6. The molecule has 0 saturated heterocycles. The minimum absolute atomic E-state index is 0.0290. The second kappa shape index (κ2) is 7.53. The summed E-state index contributed by atoms with van der Waals surface area (Å²) in [6.07, 6.45) is -0.117. The zero-order chi connectivity index (χ0) is 19.6. The van der Waals surface area contributed by atoms with Crippen LogP contribution in [0.25, 0.3) is 10.8 Å². The van der Waals surface area contributed by atoms with E-state index in [-0.39, 0.29) is 23.5 Å². The Labute approximate surface area is 156 Å². The van der Waals surface area contributed by atoms with Crippen LogP contribution in [0.4, 0.5) is 0 Å². The van der Waals surface area contributed by atoms with Crippen molar-refractivity contribution >= 4 is 16.7 Å². The van der Waals surface area contributed by atoms with E-state index in [4.69, 9.17) is 13.9 Å². The molecule has 0 aliphatic carbocycles. The van der Waals surface area contributed by atoms with Crippen LogP contribution in [0.5, 0.6) is 11.5 Å². The van der Waals surface area contributed by atoms with Crippen molar-refractivity contribution in [3.63, 3.8) is 0 Å². The van der Waals surface area contributed by atoms with Gasteiger partial charge in [-0.1, -0.05) is 30.3 Å². The number of fused-ring (bicyclic) bond motifs is 1. The molecule has 0 amide bonds. The fourth-order valence-corrected chi connectivity index (χ4v) is 3.32. The molecule has 0 unspecified atom stereocenters. The van der Waals surface area contributed by atoms with E-state index in [1.54, 1.807) is 26.2 Å². The van der Waals surface area contributed by atoms with Gasteiger partial charge in [0.1, 0.15) is 17.3 Å². The van der Waals surface area contributed by atoms with Crippen LogP contribution in [0.1, 0.15) is 29.2 Å². The number of aryl methyl sites for hydroxylation is 1. The Hall–Kier alpha value is -3.28. The van der Waals surface area contributed by atoms with Crippen LogP contribution >= 0.6 is 0 Å². The fourth-order valence-electron chi connectivity index (χ4n) is 3.32. The van der Waals surface area contributed by atoms with E-state index in [9.17, 15) is 14.7 Å². The summed E-state index contributed by atoms with van der Waals surface area (Å²) in [6.45, 7) is 1.57. The summed E-state index contributed by atoms with van der Waals surface area (Å²) >= 11 is 0. The van der Waals surface area contributed by atoms with E-state index in [2.05, 4.69) is 0 Å². The van der Waals surface area contributed by atoms with E-state index >= 15 is 0 Å². The molecular weight excluding hydrogens is 348 g/mol. The third-order valence-electron chi connectivity index (χ3n) is 4.55. The Balaban J connectivity index is 2.29. The summed E-state index contributed by atoms with van der Waals surface area (Å²) in [5.74, 6) is -0.481. The molecule has 2 aromatic carbocycles. The highest BCUT2D eigenvalue weighted by Crippen LogP contribution is 2.38. The molecule has 6 heteroatoms. The second-order valence-electron chi connectivity index (χ2n) is 6.18. The molecule has 0 radical (unpaired) electrons. The minimum atomic E-state index is -0.731. The van der Waals surface area contributed by atoms with Crippen molar-refractivity contribution in [1.82, 2.24) is 0 Å². The molecule has 1 N–H and O–H groups in total. The molecule has 140 valence electrons. The lowest BCUT2D eigenvalue weighted by Gasteiger charge is -2.20. The highest BCUT2D eigenvalue weighted by atomic mass is 16.5. The van der Waals surface area contributed by atoms with Gasteiger partial charge in [0, 0.05) is 17.4 Å². The molecule has 0 saturated carbocycles. The average Bonchev–Trinajstić information content (AvgIpc) is 2.65. The van der Waals surface area contributed by atoms with Gasteiger partial charge in [0.05, 0.1) is 26.2 Å². The number of carbonyl (C=O) groups is 1. The molecule has 0 aliphatic heterocycles. The van der Waals surface area contributed by atoms with Gasteiger partial charge in [-0.05, 0) is 23.9 Å². The molecule has 1 atom stereocenters. The third-order valence-corrected chi connectivity index (χ3v) is 4.55. The monoisotopic (exact) mass is 368 g/mol. The first-order valence-electron chi connectivity index (χ1n) is 8.42. The quantitative estimate of drug-likeness (QED) is 0.694. The summed E-state index contributed by atoms with van der Waals surface area (Å²) in [4.78, 5) is 24.6. The predicted molar refractivity (Wildman–Crippen MR) is 100 cm³/mol. The Morgan fingerprint density at radius 2 is 1.85 bits per heavy atom. The van der Waals surface area contributed by atoms with Crippen molar-refractivity contribution < 1.29 is 23.8 Å². The second-order valence-corrected chi connectivity index (χ2v) is 6.18. The SMILES string of the molecule is COC(=O)C[C@H](c1c(O)cc(C)oc1=O)c1ccc(OC)c2ccccc12. The van der Waals surface area contributed by atoms with Crippen molar-refractivity contribution in [2.24, 2.45) is 0 Å². The maximum atomic E-state index is 12.5. The molecule has 3 rings (SSSR count). The maximum Gasteiger partial charge on any atom is 0.343 e. The third kappa shape index (κ3) is 3.51. The lowest BCUT2D eigenvalue weighted by molar-refractivity contribution is -0.140. The normalized spacial score (nSPS) is 12.0. The van der Waals surface area contributed by atoms with Gasteiger partial charge < -0.3 is 19.0 Å². The Morgan fingerprint density at radius 1 is 1.15 bits per heavy atom. The van der Waals surface area contributed by atoms with Crippen molar-refractivity contribution in [2.75, 3.05) is 14.2 Å².